The van der Waals surface area contributed by atoms with Crippen molar-refractivity contribution in [1.29, 1.82) is 0 Å². The van der Waals surface area contributed by atoms with E-state index in [9.17, 15) is 4.79 Å². The highest BCUT2D eigenvalue weighted by atomic mass is 16.2. The van der Waals surface area contributed by atoms with Crippen LogP contribution in [0.5, 0.6) is 0 Å². The molecule has 1 aliphatic heterocycles. The SMILES string of the molecule is CC(C)C1C(C)NC(=O)NC2C(C)CC(C)C21. The average Bonchev–Trinajstić information content (AvgIpc) is 2.41. The van der Waals surface area contributed by atoms with E-state index in [1.165, 1.54) is 6.42 Å². The molecule has 2 amide bonds. The van der Waals surface area contributed by atoms with Crippen LogP contribution in [0.15, 0.2) is 0 Å². The van der Waals surface area contributed by atoms with Gasteiger partial charge in [0.05, 0.1) is 0 Å². The maximum atomic E-state index is 11.8. The fourth-order valence-electron chi connectivity index (χ4n) is 4.33. The van der Waals surface area contributed by atoms with Gasteiger partial charge in [-0.1, -0.05) is 27.7 Å². The number of hydrogen-bond donors (Lipinski definition) is 2. The minimum Gasteiger partial charge on any atom is -0.335 e. The van der Waals surface area contributed by atoms with Crippen molar-refractivity contribution in [1.82, 2.24) is 10.6 Å². The zero-order chi connectivity index (χ0) is 12.7. The molecular formula is C14H26N2O. The predicted octanol–water partition coefficient (Wildman–Crippen LogP) is 2.62. The molecule has 2 rings (SSSR count). The Labute approximate surface area is 105 Å². The van der Waals surface area contributed by atoms with Crippen LogP contribution in [0.1, 0.15) is 41.0 Å². The Morgan fingerprint density at radius 3 is 2.35 bits per heavy atom. The van der Waals surface area contributed by atoms with Crippen molar-refractivity contribution in [3.05, 3.63) is 0 Å². The van der Waals surface area contributed by atoms with E-state index in [4.69, 9.17) is 0 Å². The first kappa shape index (κ1) is 12.7. The van der Waals surface area contributed by atoms with Crippen molar-refractivity contribution in [3.63, 3.8) is 0 Å². The van der Waals surface area contributed by atoms with Crippen LogP contribution in [0, 0.1) is 29.6 Å². The lowest BCUT2D eigenvalue weighted by Gasteiger charge is -2.35. The van der Waals surface area contributed by atoms with Gasteiger partial charge in [0, 0.05) is 12.1 Å². The molecular weight excluding hydrogens is 212 g/mol. The van der Waals surface area contributed by atoms with Gasteiger partial charge in [-0.15, -0.1) is 0 Å². The summed E-state index contributed by atoms with van der Waals surface area (Å²) in [5.74, 6) is 3.14. The van der Waals surface area contributed by atoms with Gasteiger partial charge < -0.3 is 10.6 Å². The summed E-state index contributed by atoms with van der Waals surface area (Å²) in [5, 5.41) is 6.28. The Balaban J connectivity index is 2.32. The summed E-state index contributed by atoms with van der Waals surface area (Å²) >= 11 is 0. The fraction of sp³-hybridized carbons (Fsp3) is 0.929. The first-order valence-corrected chi connectivity index (χ1v) is 6.98. The molecule has 0 radical (unpaired) electrons. The van der Waals surface area contributed by atoms with Gasteiger partial charge in [-0.05, 0) is 42.9 Å². The lowest BCUT2D eigenvalue weighted by Crippen LogP contribution is -2.43. The minimum atomic E-state index is 0.0246. The van der Waals surface area contributed by atoms with Gasteiger partial charge in [-0.25, -0.2) is 4.79 Å². The normalized spacial score (nSPS) is 46.1. The van der Waals surface area contributed by atoms with Crippen molar-refractivity contribution >= 4 is 6.03 Å². The Hall–Kier alpha value is -0.730. The predicted molar refractivity (Wildman–Crippen MR) is 69.7 cm³/mol. The van der Waals surface area contributed by atoms with E-state index in [-0.39, 0.29) is 12.1 Å². The Bertz CT molecular complexity index is 303. The van der Waals surface area contributed by atoms with Gasteiger partial charge in [0.1, 0.15) is 0 Å². The summed E-state index contributed by atoms with van der Waals surface area (Å²) in [5.41, 5.74) is 0. The topological polar surface area (TPSA) is 41.1 Å². The molecule has 1 saturated heterocycles. The molecule has 0 spiro atoms. The molecule has 1 heterocycles. The summed E-state index contributed by atoms with van der Waals surface area (Å²) in [7, 11) is 0. The molecule has 0 aromatic carbocycles. The van der Waals surface area contributed by atoms with Gasteiger partial charge in [0.25, 0.3) is 0 Å². The summed E-state index contributed by atoms with van der Waals surface area (Å²) in [6, 6.07) is 0.664. The summed E-state index contributed by atoms with van der Waals surface area (Å²) < 4.78 is 0. The fourth-order valence-corrected chi connectivity index (χ4v) is 4.33. The van der Waals surface area contributed by atoms with Crippen LogP contribution in [0.25, 0.3) is 0 Å². The summed E-state index contributed by atoms with van der Waals surface area (Å²) in [6.45, 7) is 11.3. The molecule has 0 aromatic rings. The van der Waals surface area contributed by atoms with E-state index in [2.05, 4.69) is 45.3 Å². The summed E-state index contributed by atoms with van der Waals surface area (Å²) in [6.07, 6.45) is 1.24. The molecule has 2 N–H and O–H groups in total. The Morgan fingerprint density at radius 1 is 1.12 bits per heavy atom. The van der Waals surface area contributed by atoms with Gasteiger partial charge in [0.15, 0.2) is 0 Å². The van der Waals surface area contributed by atoms with Crippen LogP contribution in [0.4, 0.5) is 4.79 Å². The molecule has 1 saturated carbocycles. The molecule has 98 valence electrons. The third-order valence-corrected chi connectivity index (χ3v) is 4.88. The average molecular weight is 238 g/mol. The number of carbonyl (C=O) groups excluding carboxylic acids is 1. The molecule has 17 heavy (non-hydrogen) atoms. The van der Waals surface area contributed by atoms with Crippen molar-refractivity contribution < 1.29 is 4.79 Å². The quantitative estimate of drug-likeness (QED) is 0.724. The minimum absolute atomic E-state index is 0.0246. The van der Waals surface area contributed by atoms with Crippen LogP contribution in [-0.4, -0.2) is 18.1 Å². The first-order chi connectivity index (χ1) is 7.91. The lowest BCUT2D eigenvalue weighted by atomic mass is 9.73. The number of hydrogen-bond acceptors (Lipinski definition) is 1. The second kappa shape index (κ2) is 4.51. The van der Waals surface area contributed by atoms with E-state index < -0.39 is 0 Å². The van der Waals surface area contributed by atoms with Crippen LogP contribution < -0.4 is 10.6 Å². The van der Waals surface area contributed by atoms with Crippen molar-refractivity contribution in [2.75, 3.05) is 0 Å². The van der Waals surface area contributed by atoms with Crippen LogP contribution in [0.3, 0.4) is 0 Å². The maximum absolute atomic E-state index is 11.8. The smallest absolute Gasteiger partial charge is 0.315 e. The number of rotatable bonds is 1. The van der Waals surface area contributed by atoms with Crippen LogP contribution >= 0.6 is 0 Å². The van der Waals surface area contributed by atoms with Gasteiger partial charge in [0.2, 0.25) is 0 Å². The highest BCUT2D eigenvalue weighted by Gasteiger charge is 2.48. The number of fused-ring (bicyclic) bond motifs is 1. The van der Waals surface area contributed by atoms with Crippen molar-refractivity contribution in [3.8, 4) is 0 Å². The molecule has 6 atom stereocenters. The van der Waals surface area contributed by atoms with E-state index >= 15 is 0 Å². The molecule has 3 heteroatoms. The van der Waals surface area contributed by atoms with E-state index in [0.29, 0.717) is 35.6 Å². The Morgan fingerprint density at radius 2 is 1.76 bits per heavy atom. The molecule has 3 nitrogen and oxygen atoms in total. The third-order valence-electron chi connectivity index (χ3n) is 4.88. The highest BCUT2D eigenvalue weighted by molar-refractivity contribution is 5.75. The van der Waals surface area contributed by atoms with Crippen molar-refractivity contribution in [2.45, 2.75) is 53.1 Å². The Kier molecular flexibility index (Phi) is 3.37. The highest BCUT2D eigenvalue weighted by Crippen LogP contribution is 2.45. The standard InChI is InChI=1S/C14H26N2O/c1-7(2)11-10(5)15-14(17)16-13-9(4)6-8(3)12(11)13/h7-13H,6H2,1-5H3,(H2,15,16,17). The van der Waals surface area contributed by atoms with Crippen LogP contribution in [0.2, 0.25) is 0 Å². The molecule has 2 aliphatic rings. The first-order valence-electron chi connectivity index (χ1n) is 6.98. The zero-order valence-corrected chi connectivity index (χ0v) is 11.7. The number of amides is 2. The summed E-state index contributed by atoms with van der Waals surface area (Å²) in [4.78, 5) is 11.8. The molecule has 6 unspecified atom stereocenters. The second-order valence-electron chi connectivity index (χ2n) is 6.52. The van der Waals surface area contributed by atoms with E-state index in [0.717, 1.165) is 0 Å². The largest absolute Gasteiger partial charge is 0.335 e. The van der Waals surface area contributed by atoms with Gasteiger partial charge >= 0.3 is 6.03 Å². The van der Waals surface area contributed by atoms with Crippen molar-refractivity contribution in [2.24, 2.45) is 29.6 Å². The molecule has 1 aliphatic carbocycles. The molecule has 0 aromatic heterocycles. The van der Waals surface area contributed by atoms with Crippen LogP contribution in [-0.2, 0) is 0 Å². The van der Waals surface area contributed by atoms with Gasteiger partial charge in [-0.3, -0.25) is 0 Å². The number of urea groups is 1. The van der Waals surface area contributed by atoms with E-state index in [1.807, 2.05) is 0 Å². The number of nitrogens with one attached hydrogen (secondary N) is 2. The second-order valence-corrected chi connectivity index (χ2v) is 6.52. The zero-order valence-electron chi connectivity index (χ0n) is 11.7. The van der Waals surface area contributed by atoms with E-state index in [1.54, 1.807) is 0 Å². The molecule has 2 fully saturated rings. The molecule has 0 bridgehead atoms. The van der Waals surface area contributed by atoms with Gasteiger partial charge in [-0.2, -0.15) is 0 Å². The monoisotopic (exact) mass is 238 g/mol. The maximum Gasteiger partial charge on any atom is 0.315 e. The number of carbonyl (C=O) groups is 1. The lowest BCUT2D eigenvalue weighted by molar-refractivity contribution is 0.163. The third kappa shape index (κ3) is 2.16.